The Morgan fingerprint density at radius 2 is 1.90 bits per heavy atom. The molecule has 0 atom stereocenters. The van der Waals surface area contributed by atoms with E-state index in [-0.39, 0.29) is 0 Å². The Balaban J connectivity index is 1.82. The number of hydrogen-bond donors (Lipinski definition) is 2. The highest BCUT2D eigenvalue weighted by molar-refractivity contribution is 5.85. The third kappa shape index (κ3) is 5.25. The van der Waals surface area contributed by atoms with E-state index in [2.05, 4.69) is 12.2 Å². The first kappa shape index (κ1) is 15.6. The SMILES string of the molecule is CCCC1CCC(Nc2ccc(/C=C/C(=O)O)cc2)CC1. The highest BCUT2D eigenvalue weighted by Gasteiger charge is 2.20. The van der Waals surface area contributed by atoms with Gasteiger partial charge in [-0.15, -0.1) is 0 Å². The van der Waals surface area contributed by atoms with E-state index in [1.165, 1.54) is 38.5 Å². The van der Waals surface area contributed by atoms with Gasteiger partial charge in [-0.2, -0.15) is 0 Å². The molecular weight excluding hydrogens is 262 g/mol. The van der Waals surface area contributed by atoms with Crippen molar-refractivity contribution in [2.24, 2.45) is 5.92 Å². The van der Waals surface area contributed by atoms with Gasteiger partial charge in [0.05, 0.1) is 0 Å². The summed E-state index contributed by atoms with van der Waals surface area (Å²) in [5.74, 6) is 0.0117. The molecule has 0 aliphatic heterocycles. The average molecular weight is 287 g/mol. The quantitative estimate of drug-likeness (QED) is 0.754. The molecule has 1 aliphatic carbocycles. The molecule has 1 fully saturated rings. The van der Waals surface area contributed by atoms with Crippen LogP contribution in [0.25, 0.3) is 6.08 Å². The Hall–Kier alpha value is -1.77. The maximum absolute atomic E-state index is 10.5. The summed E-state index contributed by atoms with van der Waals surface area (Å²) < 4.78 is 0. The molecule has 0 amide bonds. The van der Waals surface area contributed by atoms with Gasteiger partial charge in [0.25, 0.3) is 0 Å². The third-order valence-electron chi connectivity index (χ3n) is 4.24. The van der Waals surface area contributed by atoms with Gasteiger partial charge in [0.15, 0.2) is 0 Å². The largest absolute Gasteiger partial charge is 0.478 e. The Bertz CT molecular complexity index is 470. The molecule has 0 spiro atoms. The fourth-order valence-electron chi connectivity index (χ4n) is 3.10. The number of carboxylic acids is 1. The van der Waals surface area contributed by atoms with Crippen LogP contribution in [-0.4, -0.2) is 17.1 Å². The Morgan fingerprint density at radius 1 is 1.24 bits per heavy atom. The molecule has 3 nitrogen and oxygen atoms in total. The standard InChI is InChI=1S/C18H25NO2/c1-2-3-14-4-9-16(10-5-14)19-17-11-6-15(7-12-17)8-13-18(20)21/h6-8,11-14,16,19H,2-5,9-10H2,1H3,(H,20,21)/b13-8+. The van der Waals surface area contributed by atoms with Crippen LogP contribution >= 0.6 is 0 Å². The van der Waals surface area contributed by atoms with E-state index >= 15 is 0 Å². The van der Waals surface area contributed by atoms with Gasteiger partial charge in [0.2, 0.25) is 0 Å². The van der Waals surface area contributed by atoms with Crippen molar-refractivity contribution < 1.29 is 9.90 Å². The third-order valence-corrected chi connectivity index (χ3v) is 4.24. The number of benzene rings is 1. The summed E-state index contributed by atoms with van der Waals surface area (Å²) >= 11 is 0. The maximum Gasteiger partial charge on any atom is 0.328 e. The lowest BCUT2D eigenvalue weighted by atomic mass is 9.83. The summed E-state index contributed by atoms with van der Waals surface area (Å²) in [5, 5.41) is 12.2. The molecule has 0 unspecified atom stereocenters. The van der Waals surface area contributed by atoms with Gasteiger partial charge >= 0.3 is 5.97 Å². The van der Waals surface area contributed by atoms with Crippen LogP contribution in [0.15, 0.2) is 30.3 Å². The first-order valence-electron chi connectivity index (χ1n) is 7.95. The molecule has 0 radical (unpaired) electrons. The van der Waals surface area contributed by atoms with Crippen molar-refractivity contribution in [3.05, 3.63) is 35.9 Å². The lowest BCUT2D eigenvalue weighted by molar-refractivity contribution is -0.131. The van der Waals surface area contributed by atoms with E-state index in [9.17, 15) is 4.79 Å². The zero-order chi connectivity index (χ0) is 15.1. The highest BCUT2D eigenvalue weighted by Crippen LogP contribution is 2.29. The predicted octanol–water partition coefficient (Wildman–Crippen LogP) is 4.56. The monoisotopic (exact) mass is 287 g/mol. The minimum absolute atomic E-state index is 0.582. The molecular formula is C18H25NO2. The average Bonchev–Trinajstić information content (AvgIpc) is 2.49. The highest BCUT2D eigenvalue weighted by atomic mass is 16.4. The van der Waals surface area contributed by atoms with Crippen LogP contribution in [0.4, 0.5) is 5.69 Å². The van der Waals surface area contributed by atoms with Gasteiger partial charge in [0.1, 0.15) is 0 Å². The molecule has 1 aromatic rings. The smallest absolute Gasteiger partial charge is 0.328 e. The second kappa shape index (κ2) is 7.87. The molecule has 3 heteroatoms. The normalized spacial score (nSPS) is 22.3. The van der Waals surface area contributed by atoms with Crippen LogP contribution in [0.5, 0.6) is 0 Å². The number of nitrogens with one attached hydrogen (secondary N) is 1. The molecule has 1 saturated carbocycles. The number of hydrogen-bond acceptors (Lipinski definition) is 2. The molecule has 0 bridgehead atoms. The number of aliphatic carboxylic acids is 1. The lowest BCUT2D eigenvalue weighted by Gasteiger charge is -2.29. The summed E-state index contributed by atoms with van der Waals surface area (Å²) in [6.45, 7) is 2.27. The van der Waals surface area contributed by atoms with Crippen LogP contribution in [0.3, 0.4) is 0 Å². The van der Waals surface area contributed by atoms with Gasteiger partial charge in [-0.3, -0.25) is 0 Å². The Morgan fingerprint density at radius 3 is 2.48 bits per heavy atom. The molecule has 0 saturated heterocycles. The summed E-state index contributed by atoms with van der Waals surface area (Å²) in [5.41, 5.74) is 2.04. The molecule has 0 aromatic heterocycles. The van der Waals surface area contributed by atoms with Gasteiger partial charge in [0, 0.05) is 17.8 Å². The molecule has 0 heterocycles. The first-order chi connectivity index (χ1) is 10.2. The van der Waals surface area contributed by atoms with Crippen molar-refractivity contribution in [3.63, 3.8) is 0 Å². The summed E-state index contributed by atoms with van der Waals surface area (Å²) in [7, 11) is 0. The molecule has 1 aromatic carbocycles. The number of anilines is 1. The number of rotatable bonds is 6. The number of carboxylic acid groups (broad SMARTS) is 1. The second-order valence-electron chi connectivity index (χ2n) is 5.94. The predicted molar refractivity (Wildman–Crippen MR) is 87.4 cm³/mol. The summed E-state index contributed by atoms with van der Waals surface area (Å²) in [4.78, 5) is 10.5. The number of carbonyl (C=O) groups is 1. The fourth-order valence-corrected chi connectivity index (χ4v) is 3.10. The fraction of sp³-hybridized carbons (Fsp3) is 0.500. The van der Waals surface area contributed by atoms with E-state index in [1.54, 1.807) is 6.08 Å². The molecule has 21 heavy (non-hydrogen) atoms. The van der Waals surface area contributed by atoms with Crippen molar-refractivity contribution in [2.75, 3.05) is 5.32 Å². The van der Waals surface area contributed by atoms with Gasteiger partial charge in [-0.05, 0) is 55.4 Å². The van der Waals surface area contributed by atoms with Crippen molar-refractivity contribution in [2.45, 2.75) is 51.5 Å². The van der Waals surface area contributed by atoms with Gasteiger partial charge in [-0.1, -0.05) is 31.9 Å². The Kier molecular flexibility index (Phi) is 5.85. The molecule has 114 valence electrons. The second-order valence-corrected chi connectivity index (χ2v) is 5.94. The van der Waals surface area contributed by atoms with Crippen molar-refractivity contribution in [1.29, 1.82) is 0 Å². The topological polar surface area (TPSA) is 49.3 Å². The van der Waals surface area contributed by atoms with Crippen LogP contribution in [0.2, 0.25) is 0 Å². The van der Waals surface area contributed by atoms with Gasteiger partial charge < -0.3 is 10.4 Å². The van der Waals surface area contributed by atoms with E-state index < -0.39 is 5.97 Å². The molecule has 1 aliphatic rings. The van der Waals surface area contributed by atoms with Crippen LogP contribution in [0.1, 0.15) is 51.0 Å². The van der Waals surface area contributed by atoms with Crippen LogP contribution in [-0.2, 0) is 4.79 Å². The van der Waals surface area contributed by atoms with E-state index in [0.717, 1.165) is 23.2 Å². The van der Waals surface area contributed by atoms with Crippen molar-refractivity contribution in [3.8, 4) is 0 Å². The summed E-state index contributed by atoms with van der Waals surface area (Å²) in [6.07, 6.45) is 10.6. The van der Waals surface area contributed by atoms with Crippen LogP contribution in [0, 0.1) is 5.92 Å². The van der Waals surface area contributed by atoms with Crippen LogP contribution < -0.4 is 5.32 Å². The minimum atomic E-state index is -0.916. The first-order valence-corrected chi connectivity index (χ1v) is 7.95. The van der Waals surface area contributed by atoms with E-state index in [0.29, 0.717) is 6.04 Å². The maximum atomic E-state index is 10.5. The molecule has 2 rings (SSSR count). The molecule has 2 N–H and O–H groups in total. The zero-order valence-corrected chi connectivity index (χ0v) is 12.7. The van der Waals surface area contributed by atoms with E-state index in [4.69, 9.17) is 5.11 Å². The summed E-state index contributed by atoms with van der Waals surface area (Å²) in [6, 6.07) is 8.53. The minimum Gasteiger partial charge on any atom is -0.478 e. The van der Waals surface area contributed by atoms with E-state index in [1.807, 2.05) is 24.3 Å². The van der Waals surface area contributed by atoms with Crippen molar-refractivity contribution in [1.82, 2.24) is 0 Å². The Labute approximate surface area is 127 Å². The lowest BCUT2D eigenvalue weighted by Crippen LogP contribution is -2.26. The van der Waals surface area contributed by atoms with Crippen molar-refractivity contribution >= 4 is 17.7 Å². The zero-order valence-electron chi connectivity index (χ0n) is 12.7. The van der Waals surface area contributed by atoms with Gasteiger partial charge in [-0.25, -0.2) is 4.79 Å².